The number of halogens is 1. The van der Waals surface area contributed by atoms with Crippen molar-refractivity contribution < 1.29 is 4.39 Å². The highest BCUT2D eigenvalue weighted by molar-refractivity contribution is 5.49. The molecule has 1 aromatic rings. The molecule has 0 atom stereocenters. The van der Waals surface area contributed by atoms with Crippen LogP contribution in [-0.2, 0) is 6.54 Å². The molecule has 3 nitrogen and oxygen atoms in total. The van der Waals surface area contributed by atoms with Crippen LogP contribution in [0, 0.1) is 5.82 Å². The summed E-state index contributed by atoms with van der Waals surface area (Å²) in [6.45, 7) is 2.67. The minimum Gasteiger partial charge on any atom is -0.369 e. The highest BCUT2D eigenvalue weighted by atomic mass is 19.1. The normalized spacial score (nSPS) is 20.3. The molecule has 0 amide bonds. The van der Waals surface area contributed by atoms with Gasteiger partial charge in [0.15, 0.2) is 0 Å². The standard InChI is InChI=1S/C17H26FN3/c1-20(2)15-7-9-21(10-8-15)17-6-3-13(11-16(17)18)12-19-14-4-5-14/h3,6,11,14-15,19H,4-5,7-10,12H2,1-2H3. The number of nitrogens with one attached hydrogen (secondary N) is 1. The molecule has 1 aliphatic heterocycles. The van der Waals surface area contributed by atoms with Crippen molar-refractivity contribution in [1.82, 2.24) is 10.2 Å². The van der Waals surface area contributed by atoms with Crippen LogP contribution in [0.15, 0.2) is 18.2 Å². The number of anilines is 1. The van der Waals surface area contributed by atoms with Gasteiger partial charge in [-0.25, -0.2) is 4.39 Å². The summed E-state index contributed by atoms with van der Waals surface area (Å²) in [5, 5.41) is 3.43. The van der Waals surface area contributed by atoms with Gasteiger partial charge < -0.3 is 15.1 Å². The van der Waals surface area contributed by atoms with Gasteiger partial charge in [0, 0.05) is 31.7 Å². The Morgan fingerprint density at radius 2 is 1.90 bits per heavy atom. The fraction of sp³-hybridized carbons (Fsp3) is 0.647. The minimum atomic E-state index is -0.0756. The molecule has 1 N–H and O–H groups in total. The third-order valence-corrected chi connectivity index (χ3v) is 4.72. The van der Waals surface area contributed by atoms with E-state index in [-0.39, 0.29) is 5.82 Å². The molecule has 1 saturated heterocycles. The lowest BCUT2D eigenvalue weighted by Crippen LogP contribution is -2.42. The Bertz CT molecular complexity index is 477. The van der Waals surface area contributed by atoms with Crippen molar-refractivity contribution >= 4 is 5.69 Å². The smallest absolute Gasteiger partial charge is 0.146 e. The van der Waals surface area contributed by atoms with E-state index in [0.717, 1.165) is 43.7 Å². The third kappa shape index (κ3) is 3.74. The summed E-state index contributed by atoms with van der Waals surface area (Å²) in [6, 6.07) is 7.01. The van der Waals surface area contributed by atoms with Crippen LogP contribution < -0.4 is 10.2 Å². The molecule has 2 aliphatic rings. The second-order valence-electron chi connectivity index (χ2n) is 6.62. The first-order valence-corrected chi connectivity index (χ1v) is 8.06. The maximum atomic E-state index is 14.4. The third-order valence-electron chi connectivity index (χ3n) is 4.72. The highest BCUT2D eigenvalue weighted by Crippen LogP contribution is 2.26. The van der Waals surface area contributed by atoms with Crippen molar-refractivity contribution in [3.8, 4) is 0 Å². The Labute approximate surface area is 127 Å². The molecule has 0 spiro atoms. The predicted octanol–water partition coefficient (Wildman–Crippen LogP) is 2.61. The number of nitrogens with zero attached hydrogens (tertiary/aromatic N) is 2. The van der Waals surface area contributed by atoms with E-state index in [1.807, 2.05) is 6.07 Å². The van der Waals surface area contributed by atoms with Crippen molar-refractivity contribution in [1.29, 1.82) is 0 Å². The summed E-state index contributed by atoms with van der Waals surface area (Å²) in [5.74, 6) is -0.0756. The lowest BCUT2D eigenvalue weighted by molar-refractivity contribution is 0.249. The van der Waals surface area contributed by atoms with E-state index in [1.54, 1.807) is 6.07 Å². The van der Waals surface area contributed by atoms with E-state index < -0.39 is 0 Å². The zero-order chi connectivity index (χ0) is 14.8. The molecule has 0 radical (unpaired) electrons. The molecule has 2 fully saturated rings. The lowest BCUT2D eigenvalue weighted by Gasteiger charge is -2.36. The van der Waals surface area contributed by atoms with Crippen LogP contribution in [-0.4, -0.2) is 44.2 Å². The zero-order valence-electron chi connectivity index (χ0n) is 13.1. The minimum absolute atomic E-state index is 0.0756. The van der Waals surface area contributed by atoms with Crippen molar-refractivity contribution in [3.63, 3.8) is 0 Å². The van der Waals surface area contributed by atoms with Gasteiger partial charge in [-0.15, -0.1) is 0 Å². The number of hydrogen-bond acceptors (Lipinski definition) is 3. The number of rotatable bonds is 5. The van der Waals surface area contributed by atoms with Gasteiger partial charge in [-0.2, -0.15) is 0 Å². The average Bonchev–Trinajstić information content (AvgIpc) is 3.29. The number of benzene rings is 1. The summed E-state index contributed by atoms with van der Waals surface area (Å²) in [6.07, 6.45) is 4.75. The molecule has 3 rings (SSSR count). The first kappa shape index (κ1) is 14.8. The molecule has 0 aromatic heterocycles. The van der Waals surface area contributed by atoms with Crippen molar-refractivity contribution in [2.75, 3.05) is 32.1 Å². The average molecular weight is 291 g/mol. The molecule has 0 unspecified atom stereocenters. The SMILES string of the molecule is CN(C)C1CCN(c2ccc(CNC3CC3)cc2F)CC1. The van der Waals surface area contributed by atoms with E-state index in [9.17, 15) is 4.39 Å². The Kier molecular flexibility index (Phi) is 4.45. The van der Waals surface area contributed by atoms with Crippen LogP contribution in [0.5, 0.6) is 0 Å². The van der Waals surface area contributed by atoms with Crippen LogP contribution >= 0.6 is 0 Å². The second-order valence-corrected chi connectivity index (χ2v) is 6.62. The van der Waals surface area contributed by atoms with Gasteiger partial charge in [0.25, 0.3) is 0 Å². The van der Waals surface area contributed by atoms with Crippen LogP contribution in [0.25, 0.3) is 0 Å². The first-order valence-electron chi connectivity index (χ1n) is 8.06. The van der Waals surface area contributed by atoms with Gasteiger partial charge in [0.1, 0.15) is 5.82 Å². The Morgan fingerprint density at radius 1 is 1.19 bits per heavy atom. The molecule has 1 aliphatic carbocycles. The fourth-order valence-corrected chi connectivity index (χ4v) is 3.09. The van der Waals surface area contributed by atoms with Gasteiger partial charge in [0.2, 0.25) is 0 Å². The molecule has 1 aromatic carbocycles. The highest BCUT2D eigenvalue weighted by Gasteiger charge is 2.23. The van der Waals surface area contributed by atoms with Crippen molar-refractivity contribution in [2.45, 2.75) is 44.3 Å². The molecule has 1 heterocycles. The summed E-state index contributed by atoms with van der Waals surface area (Å²) in [7, 11) is 4.26. The summed E-state index contributed by atoms with van der Waals surface area (Å²) in [5.41, 5.74) is 1.81. The lowest BCUT2D eigenvalue weighted by atomic mass is 10.0. The second kappa shape index (κ2) is 6.32. The van der Waals surface area contributed by atoms with Crippen molar-refractivity contribution in [3.05, 3.63) is 29.6 Å². The molecule has 21 heavy (non-hydrogen) atoms. The van der Waals surface area contributed by atoms with Crippen LogP contribution in [0.4, 0.5) is 10.1 Å². The summed E-state index contributed by atoms with van der Waals surface area (Å²) >= 11 is 0. The maximum absolute atomic E-state index is 14.4. The molecular weight excluding hydrogens is 265 g/mol. The van der Waals surface area contributed by atoms with Gasteiger partial charge in [-0.05, 0) is 57.5 Å². The Morgan fingerprint density at radius 3 is 2.48 bits per heavy atom. The Balaban J connectivity index is 1.60. The summed E-state index contributed by atoms with van der Waals surface area (Å²) < 4.78 is 14.4. The predicted molar refractivity (Wildman–Crippen MR) is 85.2 cm³/mol. The summed E-state index contributed by atoms with van der Waals surface area (Å²) in [4.78, 5) is 4.47. The molecule has 1 saturated carbocycles. The Hall–Kier alpha value is -1.13. The molecule has 4 heteroatoms. The van der Waals surface area contributed by atoms with E-state index in [0.29, 0.717) is 12.1 Å². The quantitative estimate of drug-likeness (QED) is 0.899. The van der Waals surface area contributed by atoms with E-state index in [1.165, 1.54) is 12.8 Å². The van der Waals surface area contributed by atoms with E-state index in [4.69, 9.17) is 0 Å². The topological polar surface area (TPSA) is 18.5 Å². The van der Waals surface area contributed by atoms with Gasteiger partial charge >= 0.3 is 0 Å². The van der Waals surface area contributed by atoms with Gasteiger partial charge in [-0.1, -0.05) is 6.07 Å². The number of piperidine rings is 1. The van der Waals surface area contributed by atoms with Gasteiger partial charge in [-0.3, -0.25) is 0 Å². The monoisotopic (exact) mass is 291 g/mol. The zero-order valence-corrected chi connectivity index (χ0v) is 13.1. The van der Waals surface area contributed by atoms with Crippen LogP contribution in [0.2, 0.25) is 0 Å². The largest absolute Gasteiger partial charge is 0.369 e. The fourth-order valence-electron chi connectivity index (χ4n) is 3.09. The van der Waals surface area contributed by atoms with Gasteiger partial charge in [0.05, 0.1) is 5.69 Å². The maximum Gasteiger partial charge on any atom is 0.146 e. The molecule has 116 valence electrons. The van der Waals surface area contributed by atoms with Crippen LogP contribution in [0.1, 0.15) is 31.2 Å². The molecular formula is C17H26FN3. The van der Waals surface area contributed by atoms with E-state index >= 15 is 0 Å². The first-order chi connectivity index (χ1) is 10.1. The van der Waals surface area contributed by atoms with Crippen molar-refractivity contribution in [2.24, 2.45) is 0 Å². The molecule has 0 bridgehead atoms. The number of hydrogen-bond donors (Lipinski definition) is 1. The van der Waals surface area contributed by atoms with Crippen LogP contribution in [0.3, 0.4) is 0 Å². The van der Waals surface area contributed by atoms with E-state index in [2.05, 4.69) is 35.3 Å².